The van der Waals surface area contributed by atoms with Crippen molar-refractivity contribution in [1.82, 2.24) is 0 Å². The molecule has 0 aliphatic rings. The van der Waals surface area contributed by atoms with E-state index in [2.05, 4.69) is 20.7 Å². The number of ether oxygens (including phenoxy) is 2. The highest BCUT2D eigenvalue weighted by Gasteiger charge is 2.13. The van der Waals surface area contributed by atoms with Gasteiger partial charge in [-0.3, -0.25) is 4.79 Å². The van der Waals surface area contributed by atoms with E-state index in [1.165, 1.54) is 13.2 Å². The number of methoxy groups -OCH3 is 1. The molecule has 0 spiro atoms. The van der Waals surface area contributed by atoms with Crippen LogP contribution in [-0.2, 0) is 9.53 Å². The average molecular weight is 288 g/mol. The van der Waals surface area contributed by atoms with E-state index in [0.29, 0.717) is 10.2 Å². The molecule has 0 saturated carbocycles. The lowest BCUT2D eigenvalue weighted by Crippen LogP contribution is -2.21. The van der Waals surface area contributed by atoms with Crippen LogP contribution in [0.15, 0.2) is 22.7 Å². The fourth-order valence-corrected chi connectivity index (χ4v) is 1.41. The lowest BCUT2D eigenvalue weighted by molar-refractivity contribution is -0.121. The van der Waals surface area contributed by atoms with Crippen LogP contribution in [-0.4, -0.2) is 25.6 Å². The number of primary amides is 1. The summed E-state index contributed by atoms with van der Waals surface area (Å²) in [5.41, 5.74) is 5.14. The van der Waals surface area contributed by atoms with Crippen LogP contribution in [0.5, 0.6) is 5.75 Å². The highest BCUT2D eigenvalue weighted by molar-refractivity contribution is 9.10. The summed E-state index contributed by atoms with van der Waals surface area (Å²) in [6.07, 6.45) is 0. The lowest BCUT2D eigenvalue weighted by atomic mass is 10.2. The van der Waals surface area contributed by atoms with Gasteiger partial charge in [0, 0.05) is 4.47 Å². The second kappa shape index (κ2) is 5.50. The van der Waals surface area contributed by atoms with Crippen molar-refractivity contribution in [3.63, 3.8) is 0 Å². The van der Waals surface area contributed by atoms with Gasteiger partial charge in [-0.05, 0) is 34.1 Å². The van der Waals surface area contributed by atoms with Crippen LogP contribution in [0.4, 0.5) is 0 Å². The quantitative estimate of drug-likeness (QED) is 0.841. The Bertz CT molecular complexity index is 419. The SMILES string of the molecule is COc1ccc(Br)c(C(=O)OCC(N)=O)c1. The van der Waals surface area contributed by atoms with Crippen molar-refractivity contribution in [1.29, 1.82) is 0 Å². The van der Waals surface area contributed by atoms with Crippen molar-refractivity contribution in [3.05, 3.63) is 28.2 Å². The highest BCUT2D eigenvalue weighted by Crippen LogP contribution is 2.23. The number of rotatable bonds is 4. The zero-order chi connectivity index (χ0) is 12.1. The third-order valence-electron chi connectivity index (χ3n) is 1.74. The molecule has 0 atom stereocenters. The number of hydrogen-bond acceptors (Lipinski definition) is 4. The predicted octanol–water partition coefficient (Wildman–Crippen LogP) is 1.10. The van der Waals surface area contributed by atoms with Crippen molar-refractivity contribution in [3.8, 4) is 5.75 Å². The third kappa shape index (κ3) is 3.23. The van der Waals surface area contributed by atoms with E-state index in [-0.39, 0.29) is 5.56 Å². The summed E-state index contributed by atoms with van der Waals surface area (Å²) in [4.78, 5) is 22.0. The Balaban J connectivity index is 2.85. The van der Waals surface area contributed by atoms with Crippen LogP contribution in [0.1, 0.15) is 10.4 Å². The Morgan fingerprint density at radius 1 is 1.44 bits per heavy atom. The number of carbonyl (C=O) groups is 2. The monoisotopic (exact) mass is 287 g/mol. The van der Waals surface area contributed by atoms with Gasteiger partial charge in [-0.1, -0.05) is 0 Å². The topological polar surface area (TPSA) is 78.6 Å². The molecular weight excluding hydrogens is 278 g/mol. The first-order valence-electron chi connectivity index (χ1n) is 4.33. The zero-order valence-corrected chi connectivity index (χ0v) is 10.1. The Kier molecular flexibility index (Phi) is 4.30. The van der Waals surface area contributed by atoms with Crippen molar-refractivity contribution < 1.29 is 19.1 Å². The fourth-order valence-electron chi connectivity index (χ4n) is 1.00. The molecule has 0 bridgehead atoms. The number of amides is 1. The number of hydrogen-bond donors (Lipinski definition) is 1. The molecule has 5 nitrogen and oxygen atoms in total. The number of benzene rings is 1. The van der Waals surface area contributed by atoms with Crippen molar-refractivity contribution >= 4 is 27.8 Å². The second-order valence-corrected chi connectivity index (χ2v) is 3.74. The Labute approximate surface area is 101 Å². The van der Waals surface area contributed by atoms with E-state index in [9.17, 15) is 9.59 Å². The Morgan fingerprint density at radius 3 is 2.69 bits per heavy atom. The molecular formula is C10H10BrNO4. The molecule has 1 aromatic rings. The van der Waals surface area contributed by atoms with E-state index < -0.39 is 18.5 Å². The molecule has 86 valence electrons. The molecule has 0 radical (unpaired) electrons. The van der Waals surface area contributed by atoms with Crippen LogP contribution in [0.25, 0.3) is 0 Å². The summed E-state index contributed by atoms with van der Waals surface area (Å²) in [5.74, 6) is -0.814. The van der Waals surface area contributed by atoms with Gasteiger partial charge in [0.15, 0.2) is 6.61 Å². The van der Waals surface area contributed by atoms with Gasteiger partial charge in [0.05, 0.1) is 12.7 Å². The largest absolute Gasteiger partial charge is 0.497 e. The van der Waals surface area contributed by atoms with Crippen molar-refractivity contribution in [2.45, 2.75) is 0 Å². The third-order valence-corrected chi connectivity index (χ3v) is 2.43. The van der Waals surface area contributed by atoms with E-state index in [1.54, 1.807) is 12.1 Å². The minimum absolute atomic E-state index is 0.278. The van der Waals surface area contributed by atoms with Crippen LogP contribution >= 0.6 is 15.9 Å². The number of nitrogens with two attached hydrogens (primary N) is 1. The lowest BCUT2D eigenvalue weighted by Gasteiger charge is -2.06. The second-order valence-electron chi connectivity index (χ2n) is 2.89. The summed E-state index contributed by atoms with van der Waals surface area (Å²) in [5, 5.41) is 0. The van der Waals surface area contributed by atoms with Gasteiger partial charge < -0.3 is 15.2 Å². The Morgan fingerprint density at radius 2 is 2.12 bits per heavy atom. The summed E-state index contributed by atoms with van der Waals surface area (Å²) in [6, 6.07) is 4.85. The molecule has 0 unspecified atom stereocenters. The normalized spacial score (nSPS) is 9.62. The van der Waals surface area contributed by atoms with E-state index in [0.717, 1.165) is 0 Å². The molecule has 1 amide bonds. The molecule has 0 fully saturated rings. The van der Waals surface area contributed by atoms with Crippen LogP contribution in [0, 0.1) is 0 Å². The summed E-state index contributed by atoms with van der Waals surface area (Å²) < 4.78 is 10.2. The first-order valence-corrected chi connectivity index (χ1v) is 5.13. The number of halogens is 1. The standard InChI is InChI=1S/C10H10BrNO4/c1-15-6-2-3-8(11)7(4-6)10(14)16-5-9(12)13/h2-4H,5H2,1H3,(H2,12,13). The molecule has 0 aliphatic heterocycles. The average Bonchev–Trinajstić information content (AvgIpc) is 2.26. The Hall–Kier alpha value is -1.56. The molecule has 0 heterocycles. The van der Waals surface area contributed by atoms with Gasteiger partial charge in [0.25, 0.3) is 5.91 Å². The van der Waals surface area contributed by atoms with Gasteiger partial charge in [0.1, 0.15) is 5.75 Å². The van der Waals surface area contributed by atoms with Gasteiger partial charge in [-0.25, -0.2) is 4.79 Å². The van der Waals surface area contributed by atoms with Crippen LogP contribution in [0.2, 0.25) is 0 Å². The summed E-state index contributed by atoms with van der Waals surface area (Å²) >= 11 is 3.19. The van der Waals surface area contributed by atoms with Gasteiger partial charge in [-0.2, -0.15) is 0 Å². The predicted molar refractivity (Wildman–Crippen MR) is 60.2 cm³/mol. The molecule has 0 aromatic heterocycles. The first-order chi connectivity index (χ1) is 7.54. The zero-order valence-electron chi connectivity index (χ0n) is 8.53. The summed E-state index contributed by atoms with van der Waals surface area (Å²) in [7, 11) is 1.49. The number of esters is 1. The van der Waals surface area contributed by atoms with E-state index in [4.69, 9.17) is 10.5 Å². The van der Waals surface area contributed by atoms with E-state index >= 15 is 0 Å². The van der Waals surface area contributed by atoms with Crippen molar-refractivity contribution in [2.24, 2.45) is 5.73 Å². The van der Waals surface area contributed by atoms with Crippen LogP contribution < -0.4 is 10.5 Å². The maximum absolute atomic E-state index is 11.5. The maximum atomic E-state index is 11.5. The minimum Gasteiger partial charge on any atom is -0.497 e. The molecule has 0 saturated heterocycles. The molecule has 1 rings (SSSR count). The summed E-state index contributed by atoms with van der Waals surface area (Å²) in [6.45, 7) is -0.442. The first kappa shape index (κ1) is 12.5. The molecule has 0 aliphatic carbocycles. The van der Waals surface area contributed by atoms with Gasteiger partial charge >= 0.3 is 5.97 Å². The van der Waals surface area contributed by atoms with E-state index in [1.807, 2.05) is 0 Å². The molecule has 1 aromatic carbocycles. The smallest absolute Gasteiger partial charge is 0.339 e. The highest BCUT2D eigenvalue weighted by atomic mass is 79.9. The van der Waals surface area contributed by atoms with Crippen molar-refractivity contribution in [2.75, 3.05) is 13.7 Å². The maximum Gasteiger partial charge on any atom is 0.339 e. The molecule has 2 N–H and O–H groups in total. The fraction of sp³-hybridized carbons (Fsp3) is 0.200. The number of carbonyl (C=O) groups excluding carboxylic acids is 2. The minimum atomic E-state index is -0.702. The molecule has 16 heavy (non-hydrogen) atoms. The van der Waals surface area contributed by atoms with Gasteiger partial charge in [0.2, 0.25) is 0 Å². The van der Waals surface area contributed by atoms with Gasteiger partial charge in [-0.15, -0.1) is 0 Å². The molecule has 6 heteroatoms. The van der Waals surface area contributed by atoms with Crippen LogP contribution in [0.3, 0.4) is 0 Å².